The van der Waals surface area contributed by atoms with Gasteiger partial charge in [0.05, 0.1) is 13.2 Å². The number of nitrogens with zero attached hydrogens (tertiary/aromatic N) is 4. The molecule has 2 aromatic heterocycles. The summed E-state index contributed by atoms with van der Waals surface area (Å²) < 4.78 is 23.1. The van der Waals surface area contributed by atoms with Crippen LogP contribution in [0.2, 0.25) is 0 Å². The zero-order valence-electron chi connectivity index (χ0n) is 25.5. The molecule has 1 saturated heterocycles. The van der Waals surface area contributed by atoms with Crippen LogP contribution in [0, 0.1) is 6.92 Å². The second-order valence-corrected chi connectivity index (χ2v) is 11.1. The third kappa shape index (κ3) is 7.09. The maximum Gasteiger partial charge on any atom is 0.258 e. The van der Waals surface area contributed by atoms with Crippen LogP contribution >= 0.6 is 0 Å². The summed E-state index contributed by atoms with van der Waals surface area (Å²) in [6.07, 6.45) is 3.78. The summed E-state index contributed by atoms with van der Waals surface area (Å²) in [5.41, 5.74) is 2.68. The van der Waals surface area contributed by atoms with E-state index in [-0.39, 0.29) is 50.3 Å². The molecule has 5 heterocycles. The molecule has 3 amide bonds. The molecule has 2 atom stereocenters. The number of carbonyl (C=O) groups is 3. The number of aromatic nitrogens is 3. The first-order valence-corrected chi connectivity index (χ1v) is 15.0. The van der Waals surface area contributed by atoms with Gasteiger partial charge in [-0.3, -0.25) is 19.4 Å². The highest BCUT2D eigenvalue weighted by Crippen LogP contribution is 2.28. The number of amides is 3. The Morgan fingerprint density at radius 1 is 1.09 bits per heavy atom. The maximum atomic E-state index is 13.5. The summed E-state index contributed by atoms with van der Waals surface area (Å²) in [4.78, 5) is 49.5. The van der Waals surface area contributed by atoms with Crippen molar-refractivity contribution in [2.75, 3.05) is 26.8 Å². The average Bonchev–Trinajstić information content (AvgIpc) is 3.56. The fraction of sp³-hybridized carbons (Fsp3) is 0.333. The zero-order chi connectivity index (χ0) is 32.0. The van der Waals surface area contributed by atoms with Crippen molar-refractivity contribution in [2.45, 2.75) is 44.9 Å². The lowest BCUT2D eigenvalue weighted by Gasteiger charge is -2.39. The molecule has 4 aromatic rings. The molecule has 0 radical (unpaired) electrons. The SMILES string of the molecule is COc1cc2ccc1CNC(=O)COc1cc(ccc1C)C(=O)N[C@H]1CN(C(=O)CCc3nc(-c4ccncc4)no3)CC[C@H]1O2. The average molecular weight is 627 g/mol. The van der Waals surface area contributed by atoms with E-state index in [0.717, 1.165) is 16.7 Å². The van der Waals surface area contributed by atoms with Crippen LogP contribution in [-0.4, -0.2) is 76.7 Å². The van der Waals surface area contributed by atoms with Crippen LogP contribution in [0.25, 0.3) is 11.4 Å². The van der Waals surface area contributed by atoms with E-state index in [1.165, 1.54) is 0 Å². The minimum Gasteiger partial charge on any atom is -0.496 e. The van der Waals surface area contributed by atoms with Gasteiger partial charge < -0.3 is 34.3 Å². The number of carbonyl (C=O) groups excluding carboxylic acids is 3. The van der Waals surface area contributed by atoms with Gasteiger partial charge in [-0.05, 0) is 48.9 Å². The number of piperidine rings is 1. The summed E-state index contributed by atoms with van der Waals surface area (Å²) in [6.45, 7) is 2.54. The van der Waals surface area contributed by atoms with Gasteiger partial charge in [-0.15, -0.1) is 0 Å². The van der Waals surface area contributed by atoms with Crippen molar-refractivity contribution in [3.05, 3.63) is 83.5 Å². The number of methoxy groups -OCH3 is 1. The molecule has 0 aliphatic carbocycles. The molecule has 0 spiro atoms. The van der Waals surface area contributed by atoms with Crippen LogP contribution in [0.1, 0.15) is 40.2 Å². The third-order valence-corrected chi connectivity index (χ3v) is 8.01. The van der Waals surface area contributed by atoms with E-state index in [1.54, 1.807) is 66.9 Å². The summed E-state index contributed by atoms with van der Waals surface area (Å²) >= 11 is 0. The van der Waals surface area contributed by atoms with Crippen molar-refractivity contribution in [3.63, 3.8) is 0 Å². The Morgan fingerprint density at radius 2 is 1.93 bits per heavy atom. The first kappa shape index (κ1) is 30.6. The van der Waals surface area contributed by atoms with Gasteiger partial charge in [-0.2, -0.15) is 4.98 Å². The minimum absolute atomic E-state index is 0.103. The molecular formula is C33H34N6O7. The molecule has 238 valence electrons. The normalized spacial score (nSPS) is 18.3. The highest BCUT2D eigenvalue weighted by Gasteiger charge is 2.34. The Kier molecular flexibility index (Phi) is 9.08. The number of aryl methyl sites for hydroxylation is 2. The molecule has 3 aliphatic rings. The lowest BCUT2D eigenvalue weighted by atomic mass is 10.00. The van der Waals surface area contributed by atoms with Gasteiger partial charge in [0.15, 0.2) is 6.61 Å². The van der Waals surface area contributed by atoms with Crippen LogP contribution in [0.5, 0.6) is 17.2 Å². The van der Waals surface area contributed by atoms with Crippen molar-refractivity contribution in [3.8, 4) is 28.6 Å². The lowest BCUT2D eigenvalue weighted by Crippen LogP contribution is -2.58. The maximum absolute atomic E-state index is 13.5. The molecule has 3 aliphatic heterocycles. The van der Waals surface area contributed by atoms with Gasteiger partial charge >= 0.3 is 0 Å². The quantitative estimate of drug-likeness (QED) is 0.338. The Labute approximate surface area is 265 Å². The second-order valence-electron chi connectivity index (χ2n) is 11.1. The summed E-state index contributed by atoms with van der Waals surface area (Å²) in [6, 6.07) is 13.5. The second kappa shape index (κ2) is 13.7. The summed E-state index contributed by atoms with van der Waals surface area (Å²) in [5.74, 6) is 1.54. The van der Waals surface area contributed by atoms with Crippen molar-refractivity contribution < 1.29 is 33.1 Å². The Balaban J connectivity index is 1.20. The Morgan fingerprint density at radius 3 is 2.76 bits per heavy atom. The number of pyridine rings is 1. The van der Waals surface area contributed by atoms with Crippen LogP contribution in [0.3, 0.4) is 0 Å². The lowest BCUT2D eigenvalue weighted by molar-refractivity contribution is -0.133. The molecule has 13 heteroatoms. The van der Waals surface area contributed by atoms with Crippen molar-refractivity contribution >= 4 is 17.7 Å². The van der Waals surface area contributed by atoms with Crippen LogP contribution in [-0.2, 0) is 22.6 Å². The van der Waals surface area contributed by atoms with E-state index < -0.39 is 12.1 Å². The fourth-order valence-electron chi connectivity index (χ4n) is 5.44. The number of rotatable bonds is 5. The third-order valence-electron chi connectivity index (χ3n) is 8.01. The van der Waals surface area contributed by atoms with Crippen LogP contribution in [0.4, 0.5) is 0 Å². The monoisotopic (exact) mass is 626 g/mol. The molecule has 4 bridgehead atoms. The van der Waals surface area contributed by atoms with E-state index in [9.17, 15) is 14.4 Å². The summed E-state index contributed by atoms with van der Waals surface area (Å²) in [5, 5.41) is 9.93. The molecule has 2 aromatic carbocycles. The number of benzene rings is 2. The molecular weight excluding hydrogens is 592 g/mol. The van der Waals surface area contributed by atoms with Crippen LogP contribution in [0.15, 0.2) is 65.4 Å². The predicted molar refractivity (Wildman–Crippen MR) is 164 cm³/mol. The van der Waals surface area contributed by atoms with E-state index >= 15 is 0 Å². The highest BCUT2D eigenvalue weighted by atomic mass is 16.5. The van der Waals surface area contributed by atoms with Crippen molar-refractivity contribution in [1.29, 1.82) is 0 Å². The molecule has 2 N–H and O–H groups in total. The van der Waals surface area contributed by atoms with E-state index in [4.69, 9.17) is 18.7 Å². The summed E-state index contributed by atoms with van der Waals surface area (Å²) in [7, 11) is 1.55. The number of hydrogen-bond acceptors (Lipinski definition) is 10. The topological polar surface area (TPSA) is 158 Å². The first-order chi connectivity index (χ1) is 22.4. The number of likely N-dealkylation sites (tertiary alicyclic amines) is 1. The highest BCUT2D eigenvalue weighted by molar-refractivity contribution is 5.95. The smallest absolute Gasteiger partial charge is 0.258 e. The molecule has 1 fully saturated rings. The standard InChI is InChI=1S/C33H34N6O7/c1-20-3-4-22-15-27(20)44-19-29(40)35-17-23-5-6-24(16-28(23)43-2)45-26-11-14-39(18-25(26)36-33(22)42)31(41)8-7-30-37-32(38-46-30)21-9-12-34-13-10-21/h3-6,9-10,12-13,15-16,25-26H,7-8,11,14,17-19H2,1-2H3,(H,35,40)(H,36,42)/t25-,26+/m0/s1. The predicted octanol–water partition coefficient (Wildman–Crippen LogP) is 2.87. The molecule has 13 nitrogen and oxygen atoms in total. The largest absolute Gasteiger partial charge is 0.496 e. The van der Waals surface area contributed by atoms with Crippen LogP contribution < -0.4 is 24.8 Å². The van der Waals surface area contributed by atoms with Gasteiger partial charge in [-0.1, -0.05) is 11.2 Å². The Bertz CT molecular complexity index is 1730. The van der Waals surface area contributed by atoms with Crippen molar-refractivity contribution in [1.82, 2.24) is 30.7 Å². The van der Waals surface area contributed by atoms with Crippen molar-refractivity contribution in [2.24, 2.45) is 0 Å². The van der Waals surface area contributed by atoms with Gasteiger partial charge in [0, 0.05) is 74.0 Å². The molecule has 7 rings (SSSR count). The van der Waals surface area contributed by atoms with Gasteiger partial charge in [-0.25, -0.2) is 0 Å². The number of nitrogens with one attached hydrogen (secondary N) is 2. The van der Waals surface area contributed by atoms with E-state index in [2.05, 4.69) is 25.8 Å². The van der Waals surface area contributed by atoms with E-state index in [1.807, 2.05) is 13.0 Å². The minimum atomic E-state index is -0.526. The molecule has 46 heavy (non-hydrogen) atoms. The molecule has 0 saturated carbocycles. The van der Waals surface area contributed by atoms with Gasteiger partial charge in [0.1, 0.15) is 23.4 Å². The van der Waals surface area contributed by atoms with Gasteiger partial charge in [0.25, 0.3) is 11.8 Å². The zero-order valence-corrected chi connectivity index (χ0v) is 25.5. The first-order valence-electron chi connectivity index (χ1n) is 15.0. The molecule has 0 unspecified atom stereocenters. The fourth-order valence-corrected chi connectivity index (χ4v) is 5.44. The number of ether oxygens (including phenoxy) is 3. The van der Waals surface area contributed by atoms with E-state index in [0.29, 0.717) is 47.5 Å². The van der Waals surface area contributed by atoms with Gasteiger partial charge in [0.2, 0.25) is 17.6 Å². The Hall–Kier alpha value is -5.46. The number of hydrogen-bond donors (Lipinski definition) is 2. The number of fused-ring (bicyclic) bond motifs is 7.